The first-order valence-electron chi connectivity index (χ1n) is 8.74. The fraction of sp³-hybridized carbons (Fsp3) is 0.526. The molecule has 156 valence electrons. The number of carbonyl (C=O) groups excluding carboxylic acids is 1. The number of alkyl halides is 5. The van der Waals surface area contributed by atoms with Gasteiger partial charge in [-0.2, -0.15) is 22.0 Å². The zero-order valence-corrected chi connectivity index (χ0v) is 17.0. The number of rotatable bonds is 6. The standard InChI is InChI=1S/C19H23F5O3Si/c1-26-15-11-13(27-28(2,3)4)10-14(18(20,21)19(22,23)24)16(15)17(25)12-8-6-5-7-9-12/h5-9,11,14-16H,10H2,1-4H3/t14-,15+,16+/m0/s1. The molecular formula is C19H23F5O3Si. The maximum Gasteiger partial charge on any atom is 0.453 e. The summed E-state index contributed by atoms with van der Waals surface area (Å²) in [7, 11) is -1.10. The number of hydrogen-bond donors (Lipinski definition) is 0. The van der Waals surface area contributed by atoms with Crippen molar-refractivity contribution < 1.29 is 35.9 Å². The molecule has 0 saturated carbocycles. The smallest absolute Gasteiger partial charge is 0.453 e. The van der Waals surface area contributed by atoms with Crippen molar-refractivity contribution in [3.63, 3.8) is 0 Å². The molecule has 0 amide bonds. The minimum atomic E-state index is -5.80. The SMILES string of the molecule is CO[C@@H]1C=C(O[Si](C)(C)C)C[C@H](C(F)(F)C(F)(F)F)[C@H]1C(=O)c1ccccc1. The zero-order valence-electron chi connectivity index (χ0n) is 16.0. The molecule has 2 rings (SSSR count). The molecule has 1 aromatic rings. The van der Waals surface area contributed by atoms with E-state index in [0.717, 1.165) is 0 Å². The molecule has 0 saturated heterocycles. The number of methoxy groups -OCH3 is 1. The molecule has 0 bridgehead atoms. The molecule has 1 aromatic carbocycles. The average Bonchev–Trinajstić information content (AvgIpc) is 2.58. The molecule has 3 atom stereocenters. The van der Waals surface area contributed by atoms with Crippen LogP contribution in [0.2, 0.25) is 19.6 Å². The number of benzene rings is 1. The van der Waals surface area contributed by atoms with Gasteiger partial charge in [-0.15, -0.1) is 0 Å². The second-order valence-electron chi connectivity index (χ2n) is 7.74. The average molecular weight is 422 g/mol. The number of halogens is 5. The maximum absolute atomic E-state index is 14.5. The Labute approximate surface area is 161 Å². The monoisotopic (exact) mass is 422 g/mol. The van der Waals surface area contributed by atoms with E-state index in [1.165, 1.54) is 37.5 Å². The predicted octanol–water partition coefficient (Wildman–Crippen LogP) is 5.45. The lowest BCUT2D eigenvalue weighted by Gasteiger charge is -2.40. The van der Waals surface area contributed by atoms with Crippen molar-refractivity contribution in [2.75, 3.05) is 7.11 Å². The van der Waals surface area contributed by atoms with Gasteiger partial charge in [0.1, 0.15) is 0 Å². The Morgan fingerprint density at radius 3 is 2.11 bits per heavy atom. The first-order chi connectivity index (χ1) is 12.8. The Morgan fingerprint density at radius 1 is 1.07 bits per heavy atom. The summed E-state index contributed by atoms with van der Waals surface area (Å²) < 4.78 is 79.4. The lowest BCUT2D eigenvalue weighted by molar-refractivity contribution is -0.309. The van der Waals surface area contributed by atoms with Gasteiger partial charge in [-0.3, -0.25) is 4.79 Å². The summed E-state index contributed by atoms with van der Waals surface area (Å²) in [5, 5.41) is 0. The van der Waals surface area contributed by atoms with Gasteiger partial charge in [-0.05, 0) is 25.7 Å². The first-order valence-corrected chi connectivity index (χ1v) is 12.1. The molecule has 0 unspecified atom stereocenters. The fourth-order valence-corrected chi connectivity index (χ4v) is 4.24. The van der Waals surface area contributed by atoms with Crippen LogP contribution in [-0.4, -0.2) is 39.4 Å². The van der Waals surface area contributed by atoms with Gasteiger partial charge in [0, 0.05) is 19.1 Å². The summed E-state index contributed by atoms with van der Waals surface area (Å²) in [5.41, 5.74) is 0.0560. The number of ether oxygens (including phenoxy) is 1. The summed E-state index contributed by atoms with van der Waals surface area (Å²) in [5.74, 6) is -9.91. The van der Waals surface area contributed by atoms with Crippen molar-refractivity contribution in [1.82, 2.24) is 0 Å². The molecule has 28 heavy (non-hydrogen) atoms. The Balaban J connectivity index is 2.55. The van der Waals surface area contributed by atoms with Crippen LogP contribution >= 0.6 is 0 Å². The van der Waals surface area contributed by atoms with Crippen LogP contribution in [-0.2, 0) is 9.16 Å². The highest BCUT2D eigenvalue weighted by Gasteiger charge is 2.66. The molecule has 1 aliphatic rings. The maximum atomic E-state index is 14.5. The Kier molecular flexibility index (Phi) is 6.39. The molecule has 3 nitrogen and oxygen atoms in total. The highest BCUT2D eigenvalue weighted by atomic mass is 28.4. The molecule has 0 aliphatic heterocycles. The summed E-state index contributed by atoms with van der Waals surface area (Å²) in [6, 6.07) is 7.42. The van der Waals surface area contributed by atoms with Gasteiger partial charge >= 0.3 is 12.1 Å². The van der Waals surface area contributed by atoms with Crippen molar-refractivity contribution in [1.29, 1.82) is 0 Å². The van der Waals surface area contributed by atoms with Crippen LogP contribution in [0.25, 0.3) is 0 Å². The zero-order chi connectivity index (χ0) is 21.3. The molecular weight excluding hydrogens is 399 g/mol. The summed E-state index contributed by atoms with van der Waals surface area (Å²) >= 11 is 0. The number of hydrogen-bond acceptors (Lipinski definition) is 3. The second-order valence-corrected chi connectivity index (χ2v) is 12.2. The molecule has 0 aromatic heterocycles. The quantitative estimate of drug-likeness (QED) is 0.347. The van der Waals surface area contributed by atoms with Crippen molar-refractivity contribution >= 4 is 14.1 Å². The molecule has 9 heteroatoms. The molecule has 0 radical (unpaired) electrons. The number of allylic oxidation sites excluding steroid dienone is 1. The highest BCUT2D eigenvalue weighted by Crippen LogP contribution is 2.50. The van der Waals surface area contributed by atoms with Crippen molar-refractivity contribution in [3.8, 4) is 0 Å². The van der Waals surface area contributed by atoms with Crippen molar-refractivity contribution in [2.45, 2.75) is 44.3 Å². The lowest BCUT2D eigenvalue weighted by Crippen LogP contribution is -2.53. The van der Waals surface area contributed by atoms with Crippen LogP contribution in [0.3, 0.4) is 0 Å². The van der Waals surface area contributed by atoms with Gasteiger partial charge in [-0.25, -0.2) is 0 Å². The molecule has 0 N–H and O–H groups in total. The minimum absolute atomic E-state index is 0.0112. The van der Waals surface area contributed by atoms with E-state index < -0.39 is 50.6 Å². The Bertz CT molecular complexity index is 725. The Morgan fingerprint density at radius 2 is 1.64 bits per heavy atom. The third-order valence-corrected chi connectivity index (χ3v) is 5.35. The fourth-order valence-electron chi connectivity index (χ4n) is 3.30. The van der Waals surface area contributed by atoms with Crippen LogP contribution in [0.4, 0.5) is 22.0 Å². The second kappa shape index (κ2) is 7.94. The van der Waals surface area contributed by atoms with E-state index in [1.54, 1.807) is 25.7 Å². The van der Waals surface area contributed by atoms with Gasteiger partial charge < -0.3 is 9.16 Å². The van der Waals surface area contributed by atoms with E-state index in [1.807, 2.05) is 0 Å². The molecule has 1 aliphatic carbocycles. The van der Waals surface area contributed by atoms with Gasteiger partial charge in [-0.1, -0.05) is 30.3 Å². The molecule has 0 fully saturated rings. The van der Waals surface area contributed by atoms with E-state index in [0.29, 0.717) is 0 Å². The number of ketones is 1. The third-order valence-electron chi connectivity index (χ3n) is 4.47. The normalized spacial score (nSPS) is 23.9. The van der Waals surface area contributed by atoms with Crippen LogP contribution in [0.5, 0.6) is 0 Å². The van der Waals surface area contributed by atoms with Gasteiger partial charge in [0.05, 0.1) is 23.7 Å². The van der Waals surface area contributed by atoms with Crippen molar-refractivity contribution in [3.05, 3.63) is 47.7 Å². The topological polar surface area (TPSA) is 35.5 Å². The minimum Gasteiger partial charge on any atom is -0.547 e. The molecule has 0 heterocycles. The van der Waals surface area contributed by atoms with Crippen LogP contribution < -0.4 is 0 Å². The molecule has 0 spiro atoms. The van der Waals surface area contributed by atoms with E-state index in [9.17, 15) is 26.7 Å². The highest BCUT2D eigenvalue weighted by molar-refractivity contribution is 6.70. The van der Waals surface area contributed by atoms with Gasteiger partial charge in [0.25, 0.3) is 0 Å². The summed E-state index contributed by atoms with van der Waals surface area (Å²) in [6.07, 6.45) is -6.40. The first kappa shape index (κ1) is 22.5. The third kappa shape index (κ3) is 4.80. The van der Waals surface area contributed by atoms with Crippen LogP contribution in [0.15, 0.2) is 42.2 Å². The van der Waals surface area contributed by atoms with E-state index in [2.05, 4.69) is 0 Å². The summed E-state index contributed by atoms with van der Waals surface area (Å²) in [4.78, 5) is 12.9. The van der Waals surface area contributed by atoms with Crippen LogP contribution in [0.1, 0.15) is 16.8 Å². The number of Topliss-reactive ketones (excluding diaryl/α,β-unsaturated/α-hetero) is 1. The van der Waals surface area contributed by atoms with E-state index in [4.69, 9.17) is 9.16 Å². The van der Waals surface area contributed by atoms with Gasteiger partial charge in [0.15, 0.2) is 5.78 Å². The van der Waals surface area contributed by atoms with Gasteiger partial charge in [0.2, 0.25) is 8.32 Å². The van der Waals surface area contributed by atoms with E-state index >= 15 is 0 Å². The van der Waals surface area contributed by atoms with Crippen LogP contribution in [0, 0.1) is 11.8 Å². The Hall–Kier alpha value is -1.74. The van der Waals surface area contributed by atoms with E-state index in [-0.39, 0.29) is 11.3 Å². The number of carbonyl (C=O) groups is 1. The summed E-state index contributed by atoms with van der Waals surface area (Å²) in [6.45, 7) is 5.36. The van der Waals surface area contributed by atoms with Crippen molar-refractivity contribution in [2.24, 2.45) is 11.8 Å². The largest absolute Gasteiger partial charge is 0.547 e. The predicted molar refractivity (Wildman–Crippen MR) is 96.7 cm³/mol. The lowest BCUT2D eigenvalue weighted by atomic mass is 9.72.